The number of nitrogens with zero attached hydrogens (tertiary/aromatic N) is 1. The van der Waals surface area contributed by atoms with Gasteiger partial charge >= 0.3 is 12.1 Å². The van der Waals surface area contributed by atoms with E-state index in [-0.39, 0.29) is 18.9 Å². The zero-order chi connectivity index (χ0) is 23.8. The van der Waals surface area contributed by atoms with Crippen LogP contribution in [0.15, 0.2) is 48.5 Å². The minimum Gasteiger partial charge on any atom is -0.480 e. The number of carbonyl (C=O) groups is 3. The van der Waals surface area contributed by atoms with Crippen LogP contribution in [0.1, 0.15) is 36.8 Å². The van der Waals surface area contributed by atoms with Crippen molar-refractivity contribution in [2.45, 2.75) is 43.7 Å². The smallest absolute Gasteiger partial charge is 0.407 e. The van der Waals surface area contributed by atoms with Crippen LogP contribution in [0.5, 0.6) is 0 Å². The zero-order valence-corrected chi connectivity index (χ0v) is 18.0. The number of fused-ring (bicyclic) bond motifs is 3. The van der Waals surface area contributed by atoms with E-state index in [1.54, 1.807) is 0 Å². The SMILES string of the molecule is C[C@H](CC(=O)N1CC(F)(F)C[C@@H]1C(=O)O)NC(=O)OCC1c2ccccc2-c2ccccc21. The monoisotopic (exact) mass is 458 g/mol. The van der Waals surface area contributed by atoms with Crippen LogP contribution in [0.2, 0.25) is 0 Å². The Bertz CT molecular complexity index is 1040. The summed E-state index contributed by atoms with van der Waals surface area (Å²) in [5.41, 5.74) is 4.31. The molecule has 7 nitrogen and oxygen atoms in total. The van der Waals surface area contributed by atoms with Crippen LogP contribution in [-0.2, 0) is 14.3 Å². The number of hydrogen-bond donors (Lipinski definition) is 2. The topological polar surface area (TPSA) is 95.9 Å². The maximum atomic E-state index is 13.6. The molecule has 0 unspecified atom stereocenters. The number of carboxylic acids is 1. The number of halogens is 2. The molecule has 0 saturated carbocycles. The lowest BCUT2D eigenvalue weighted by Crippen LogP contribution is -2.44. The average Bonchev–Trinajstić information content (AvgIpc) is 3.26. The lowest BCUT2D eigenvalue weighted by molar-refractivity contribution is -0.148. The maximum absolute atomic E-state index is 13.6. The summed E-state index contributed by atoms with van der Waals surface area (Å²) < 4.78 is 32.7. The van der Waals surface area contributed by atoms with Gasteiger partial charge in [0.05, 0.1) is 6.54 Å². The number of benzene rings is 2. The minimum atomic E-state index is -3.25. The molecule has 2 atom stereocenters. The first-order valence-corrected chi connectivity index (χ1v) is 10.7. The fourth-order valence-corrected chi connectivity index (χ4v) is 4.57. The van der Waals surface area contributed by atoms with Crippen molar-refractivity contribution in [1.29, 1.82) is 0 Å². The highest BCUT2D eigenvalue weighted by Gasteiger charge is 2.50. The highest BCUT2D eigenvalue weighted by molar-refractivity contribution is 5.85. The van der Waals surface area contributed by atoms with E-state index in [1.807, 2.05) is 48.5 Å². The summed E-state index contributed by atoms with van der Waals surface area (Å²) in [6, 6.07) is 13.5. The molecule has 1 saturated heterocycles. The molecule has 2 amide bonds. The molecule has 1 aliphatic carbocycles. The van der Waals surface area contributed by atoms with Gasteiger partial charge in [0, 0.05) is 24.8 Å². The lowest BCUT2D eigenvalue weighted by Gasteiger charge is -2.23. The first-order chi connectivity index (χ1) is 15.7. The van der Waals surface area contributed by atoms with E-state index in [1.165, 1.54) is 6.92 Å². The van der Waals surface area contributed by atoms with E-state index in [9.17, 15) is 23.2 Å². The molecule has 33 heavy (non-hydrogen) atoms. The molecule has 0 aromatic heterocycles. The molecular formula is C24H24F2N2O5. The quantitative estimate of drug-likeness (QED) is 0.689. The largest absolute Gasteiger partial charge is 0.480 e. The number of carboxylic acid groups (broad SMARTS) is 1. The Balaban J connectivity index is 1.33. The molecule has 9 heteroatoms. The number of likely N-dealkylation sites (tertiary alicyclic amines) is 1. The molecule has 2 aromatic rings. The van der Waals surface area contributed by atoms with Gasteiger partial charge in [-0.3, -0.25) is 4.79 Å². The highest BCUT2D eigenvalue weighted by atomic mass is 19.3. The van der Waals surface area contributed by atoms with Crippen LogP contribution in [0.4, 0.5) is 13.6 Å². The number of alkyl halides is 2. The summed E-state index contributed by atoms with van der Waals surface area (Å²) >= 11 is 0. The Kier molecular flexibility index (Phi) is 6.05. The molecule has 4 rings (SSSR count). The fourth-order valence-electron chi connectivity index (χ4n) is 4.57. The molecular weight excluding hydrogens is 434 g/mol. The summed E-state index contributed by atoms with van der Waals surface area (Å²) in [6.07, 6.45) is -1.97. The molecule has 174 valence electrons. The van der Waals surface area contributed by atoms with Gasteiger partial charge in [-0.15, -0.1) is 0 Å². The number of nitrogens with one attached hydrogen (secondary N) is 1. The third-order valence-corrected chi connectivity index (χ3v) is 6.06. The van der Waals surface area contributed by atoms with Gasteiger partial charge in [0.25, 0.3) is 5.92 Å². The van der Waals surface area contributed by atoms with Gasteiger partial charge in [-0.1, -0.05) is 48.5 Å². The fraction of sp³-hybridized carbons (Fsp3) is 0.375. The van der Waals surface area contributed by atoms with Crippen LogP contribution >= 0.6 is 0 Å². The van der Waals surface area contributed by atoms with Crippen LogP contribution in [0, 0.1) is 0 Å². The van der Waals surface area contributed by atoms with Gasteiger partial charge < -0.3 is 20.1 Å². The van der Waals surface area contributed by atoms with Gasteiger partial charge in [-0.25, -0.2) is 18.4 Å². The Morgan fingerprint density at radius 1 is 1.12 bits per heavy atom. The van der Waals surface area contributed by atoms with Crippen molar-refractivity contribution in [3.8, 4) is 11.1 Å². The van der Waals surface area contributed by atoms with Gasteiger partial charge in [-0.2, -0.15) is 0 Å². The van der Waals surface area contributed by atoms with Crippen molar-refractivity contribution in [3.05, 3.63) is 59.7 Å². The number of aliphatic carboxylic acids is 1. The summed E-state index contributed by atoms with van der Waals surface area (Å²) in [4.78, 5) is 36.7. The number of hydrogen-bond acceptors (Lipinski definition) is 4. The molecule has 2 aromatic carbocycles. The van der Waals surface area contributed by atoms with Gasteiger partial charge in [0.2, 0.25) is 5.91 Å². The number of amides is 2. The van der Waals surface area contributed by atoms with E-state index in [4.69, 9.17) is 9.84 Å². The van der Waals surface area contributed by atoms with E-state index < -0.39 is 48.9 Å². The second kappa shape index (κ2) is 8.80. The molecule has 0 spiro atoms. The first kappa shape index (κ1) is 22.7. The number of ether oxygens (including phenoxy) is 1. The Morgan fingerprint density at radius 3 is 2.27 bits per heavy atom. The lowest BCUT2D eigenvalue weighted by atomic mass is 9.98. The van der Waals surface area contributed by atoms with Crippen molar-refractivity contribution in [1.82, 2.24) is 10.2 Å². The number of rotatable bonds is 6. The van der Waals surface area contributed by atoms with Crippen molar-refractivity contribution in [2.24, 2.45) is 0 Å². The molecule has 2 aliphatic rings. The van der Waals surface area contributed by atoms with Crippen molar-refractivity contribution in [3.63, 3.8) is 0 Å². The molecule has 1 heterocycles. The van der Waals surface area contributed by atoms with Crippen molar-refractivity contribution < 1.29 is 33.0 Å². The van der Waals surface area contributed by atoms with E-state index in [2.05, 4.69) is 5.32 Å². The van der Waals surface area contributed by atoms with E-state index >= 15 is 0 Å². The maximum Gasteiger partial charge on any atom is 0.407 e. The predicted octanol–water partition coefficient (Wildman–Crippen LogP) is 3.62. The van der Waals surface area contributed by atoms with Crippen LogP contribution in [-0.4, -0.2) is 59.1 Å². The van der Waals surface area contributed by atoms with E-state index in [0.717, 1.165) is 22.3 Å². The van der Waals surface area contributed by atoms with Crippen LogP contribution < -0.4 is 5.32 Å². The normalized spacial score (nSPS) is 19.5. The highest BCUT2D eigenvalue weighted by Crippen LogP contribution is 2.44. The van der Waals surface area contributed by atoms with Gasteiger partial charge in [0.15, 0.2) is 0 Å². The summed E-state index contributed by atoms with van der Waals surface area (Å²) in [5, 5.41) is 11.7. The van der Waals surface area contributed by atoms with Crippen molar-refractivity contribution >= 4 is 18.0 Å². The summed E-state index contributed by atoms with van der Waals surface area (Å²) in [6.45, 7) is 0.684. The standard InChI is InChI=1S/C24H24F2N2O5/c1-14(10-21(29)28-13-24(25,26)11-20(28)22(30)31)27-23(32)33-12-19-17-8-4-2-6-15(17)16-7-3-5-9-18(16)19/h2-9,14,19-20H,10-13H2,1H3,(H,27,32)(H,30,31)/t14-,20-/m1/s1. The van der Waals surface area contributed by atoms with Gasteiger partial charge in [-0.05, 0) is 29.2 Å². The zero-order valence-electron chi connectivity index (χ0n) is 18.0. The Labute approximate surface area is 189 Å². The predicted molar refractivity (Wildman–Crippen MR) is 115 cm³/mol. The molecule has 1 aliphatic heterocycles. The van der Waals surface area contributed by atoms with Crippen molar-refractivity contribution in [2.75, 3.05) is 13.2 Å². The third kappa shape index (κ3) is 4.67. The second-order valence-corrected chi connectivity index (χ2v) is 8.51. The second-order valence-electron chi connectivity index (χ2n) is 8.51. The molecule has 1 fully saturated rings. The molecule has 2 N–H and O–H groups in total. The minimum absolute atomic E-state index is 0.0972. The van der Waals surface area contributed by atoms with Crippen LogP contribution in [0.25, 0.3) is 11.1 Å². The summed E-state index contributed by atoms with van der Waals surface area (Å²) in [7, 11) is 0. The number of alkyl carbamates (subject to hydrolysis) is 1. The van der Waals surface area contributed by atoms with E-state index in [0.29, 0.717) is 4.90 Å². The summed E-state index contributed by atoms with van der Waals surface area (Å²) in [5.74, 6) is -5.60. The third-order valence-electron chi connectivity index (χ3n) is 6.06. The number of carbonyl (C=O) groups excluding carboxylic acids is 2. The van der Waals surface area contributed by atoms with Crippen LogP contribution in [0.3, 0.4) is 0 Å². The molecule has 0 bridgehead atoms. The Morgan fingerprint density at radius 2 is 1.70 bits per heavy atom. The first-order valence-electron chi connectivity index (χ1n) is 10.7. The average molecular weight is 458 g/mol. The molecule has 0 radical (unpaired) electrons. The van der Waals surface area contributed by atoms with Gasteiger partial charge in [0.1, 0.15) is 12.6 Å². The Hall–Kier alpha value is -3.49.